The van der Waals surface area contributed by atoms with E-state index < -0.39 is 29.9 Å². The van der Waals surface area contributed by atoms with Gasteiger partial charge in [0.05, 0.1) is 11.3 Å². The van der Waals surface area contributed by atoms with Gasteiger partial charge in [-0.1, -0.05) is 11.6 Å². The fourth-order valence-corrected chi connectivity index (χ4v) is 2.23. The van der Waals surface area contributed by atoms with Gasteiger partial charge < -0.3 is 15.4 Å². The van der Waals surface area contributed by atoms with Gasteiger partial charge in [0.25, 0.3) is 5.91 Å². The molecule has 0 unspecified atom stereocenters. The lowest BCUT2D eigenvalue weighted by molar-refractivity contribution is -0.274. The van der Waals surface area contributed by atoms with Crippen molar-refractivity contribution in [3.63, 3.8) is 0 Å². The molecule has 12 heteroatoms. The van der Waals surface area contributed by atoms with Crippen LogP contribution in [0, 0.1) is 5.82 Å². The molecular weight excluding hydrogens is 396 g/mol. The summed E-state index contributed by atoms with van der Waals surface area (Å²) in [6.45, 7) is 0. The summed E-state index contributed by atoms with van der Waals surface area (Å²) in [7, 11) is 0. The predicted octanol–water partition coefficient (Wildman–Crippen LogP) is 3.63. The Kier molecular flexibility index (Phi) is 6.08. The lowest BCUT2D eigenvalue weighted by atomic mass is 10.1. The fourth-order valence-electron chi connectivity index (χ4n) is 2.01. The number of benzene rings is 2. The summed E-state index contributed by atoms with van der Waals surface area (Å²) in [5.74, 6) is 2.73. The molecule has 0 spiro atoms. The summed E-state index contributed by atoms with van der Waals surface area (Å²) in [6.07, 6.45) is -4.98. The van der Waals surface area contributed by atoms with Gasteiger partial charge in [0.1, 0.15) is 11.6 Å². The molecule has 0 aliphatic rings. The van der Waals surface area contributed by atoms with Crippen molar-refractivity contribution in [1.82, 2.24) is 5.43 Å². The number of nitrogen functional groups attached to an aromatic ring is 1. The number of hydrogen-bond donors (Lipinski definition) is 4. The third-order valence-corrected chi connectivity index (χ3v) is 3.19. The molecule has 0 saturated carbocycles. The average Bonchev–Trinajstić information content (AvgIpc) is 2.51. The predicted molar refractivity (Wildman–Crippen MR) is 88.8 cm³/mol. The standard InChI is InChI=1S/C15H11ClF4N4O3/c16-7-3-8(17)5-9(4-7)22-14(26)23-12-6-10(27-15(18,19)20)1-2-11(12)13(25)24-21/h1-6H,21H2,(H,24,25)(H2,22,23,26). The Morgan fingerprint density at radius 1 is 1.07 bits per heavy atom. The third-order valence-electron chi connectivity index (χ3n) is 2.97. The topological polar surface area (TPSA) is 105 Å². The fraction of sp³-hybridized carbons (Fsp3) is 0.0667. The van der Waals surface area contributed by atoms with Crippen molar-refractivity contribution in [3.05, 3.63) is 52.8 Å². The van der Waals surface area contributed by atoms with E-state index in [0.29, 0.717) is 0 Å². The Morgan fingerprint density at radius 3 is 2.37 bits per heavy atom. The maximum atomic E-state index is 13.3. The zero-order valence-corrected chi connectivity index (χ0v) is 13.9. The van der Waals surface area contributed by atoms with Gasteiger partial charge >= 0.3 is 12.4 Å². The number of anilines is 2. The van der Waals surface area contributed by atoms with Crippen LogP contribution >= 0.6 is 11.6 Å². The Labute approximate surface area is 154 Å². The Bertz CT molecular complexity index is 856. The number of ether oxygens (including phenoxy) is 1. The highest BCUT2D eigenvalue weighted by molar-refractivity contribution is 6.31. The molecule has 0 heterocycles. The highest BCUT2D eigenvalue weighted by Crippen LogP contribution is 2.28. The summed E-state index contributed by atoms with van der Waals surface area (Å²) in [5, 5.41) is 4.39. The first kappa shape index (κ1) is 20.3. The molecule has 7 nitrogen and oxygen atoms in total. The molecule has 0 atom stereocenters. The first-order chi connectivity index (χ1) is 12.6. The van der Waals surface area contributed by atoms with Gasteiger partial charge in [0.2, 0.25) is 0 Å². The van der Waals surface area contributed by atoms with Crippen LogP contribution in [0.15, 0.2) is 36.4 Å². The quantitative estimate of drug-likeness (QED) is 0.269. The van der Waals surface area contributed by atoms with Crippen molar-refractivity contribution in [2.24, 2.45) is 5.84 Å². The molecule has 144 valence electrons. The number of urea groups is 1. The van der Waals surface area contributed by atoms with Crippen molar-refractivity contribution < 1.29 is 31.9 Å². The van der Waals surface area contributed by atoms with Crippen molar-refractivity contribution >= 4 is 34.9 Å². The largest absolute Gasteiger partial charge is 0.573 e. The second-order valence-corrected chi connectivity index (χ2v) is 5.40. The second kappa shape index (κ2) is 8.10. The molecule has 0 radical (unpaired) electrons. The van der Waals surface area contributed by atoms with Crippen LogP contribution in [0.25, 0.3) is 0 Å². The van der Waals surface area contributed by atoms with Crippen LogP contribution in [0.4, 0.5) is 33.7 Å². The molecule has 0 aliphatic heterocycles. The molecule has 0 bridgehead atoms. The first-order valence-electron chi connectivity index (χ1n) is 7.02. The highest BCUT2D eigenvalue weighted by atomic mass is 35.5. The summed E-state index contributed by atoms with van der Waals surface area (Å²) >= 11 is 5.66. The Balaban J connectivity index is 2.26. The zero-order chi connectivity index (χ0) is 20.2. The van der Waals surface area contributed by atoms with Crippen molar-refractivity contribution in [3.8, 4) is 5.75 Å². The lowest BCUT2D eigenvalue weighted by Crippen LogP contribution is -2.31. The number of nitrogens with one attached hydrogen (secondary N) is 3. The minimum atomic E-state index is -4.98. The molecule has 2 aromatic rings. The number of halogens is 5. The molecule has 0 fully saturated rings. The van der Waals surface area contributed by atoms with Gasteiger partial charge in [0, 0.05) is 16.8 Å². The van der Waals surface area contributed by atoms with Crippen LogP contribution < -0.4 is 26.6 Å². The molecule has 2 rings (SSSR count). The van der Waals surface area contributed by atoms with Crippen LogP contribution in [-0.2, 0) is 0 Å². The maximum absolute atomic E-state index is 13.3. The van der Waals surface area contributed by atoms with Crippen LogP contribution in [0.3, 0.4) is 0 Å². The van der Waals surface area contributed by atoms with Gasteiger partial charge in [-0.3, -0.25) is 10.2 Å². The van der Waals surface area contributed by atoms with Crippen LogP contribution in [-0.4, -0.2) is 18.3 Å². The summed E-state index contributed by atoms with van der Waals surface area (Å²) < 4.78 is 54.1. The number of rotatable bonds is 4. The van der Waals surface area contributed by atoms with E-state index in [1.807, 2.05) is 0 Å². The molecule has 0 saturated heterocycles. The summed E-state index contributed by atoms with van der Waals surface area (Å²) in [5.41, 5.74) is 1.19. The minimum absolute atomic E-state index is 0.00840. The van der Waals surface area contributed by atoms with E-state index in [4.69, 9.17) is 17.4 Å². The molecule has 3 amide bonds. The van der Waals surface area contributed by atoms with E-state index in [2.05, 4.69) is 15.4 Å². The molecule has 27 heavy (non-hydrogen) atoms. The van der Waals surface area contributed by atoms with E-state index in [9.17, 15) is 27.2 Å². The van der Waals surface area contributed by atoms with Gasteiger partial charge in [-0.15, -0.1) is 13.2 Å². The van der Waals surface area contributed by atoms with Crippen molar-refractivity contribution in [2.45, 2.75) is 6.36 Å². The van der Waals surface area contributed by atoms with Crippen LogP contribution in [0.5, 0.6) is 5.75 Å². The highest BCUT2D eigenvalue weighted by Gasteiger charge is 2.31. The van der Waals surface area contributed by atoms with Gasteiger partial charge in [0.15, 0.2) is 0 Å². The summed E-state index contributed by atoms with van der Waals surface area (Å²) in [6, 6.07) is 4.84. The molecule has 0 aromatic heterocycles. The van der Waals surface area contributed by atoms with Gasteiger partial charge in [-0.05, 0) is 30.3 Å². The molecule has 2 aromatic carbocycles. The Morgan fingerprint density at radius 2 is 1.78 bits per heavy atom. The van der Waals surface area contributed by atoms with E-state index in [1.54, 1.807) is 5.43 Å². The number of carbonyl (C=O) groups is 2. The number of hydrogen-bond acceptors (Lipinski definition) is 4. The SMILES string of the molecule is NNC(=O)c1ccc(OC(F)(F)F)cc1NC(=O)Nc1cc(F)cc(Cl)c1. The number of amides is 3. The zero-order valence-electron chi connectivity index (χ0n) is 13.2. The maximum Gasteiger partial charge on any atom is 0.573 e. The molecule has 0 aliphatic carbocycles. The first-order valence-corrected chi connectivity index (χ1v) is 7.40. The average molecular weight is 407 g/mol. The second-order valence-electron chi connectivity index (χ2n) is 4.97. The van der Waals surface area contributed by atoms with E-state index in [0.717, 1.165) is 30.3 Å². The van der Waals surface area contributed by atoms with Crippen LogP contribution in [0.2, 0.25) is 5.02 Å². The number of hydrazine groups is 1. The normalized spacial score (nSPS) is 10.9. The Hall–Kier alpha value is -3.05. The van der Waals surface area contributed by atoms with E-state index >= 15 is 0 Å². The lowest BCUT2D eigenvalue weighted by Gasteiger charge is -2.14. The van der Waals surface area contributed by atoms with E-state index in [1.165, 1.54) is 6.07 Å². The van der Waals surface area contributed by atoms with Gasteiger partial charge in [-0.25, -0.2) is 15.0 Å². The minimum Gasteiger partial charge on any atom is -0.406 e. The monoisotopic (exact) mass is 406 g/mol. The smallest absolute Gasteiger partial charge is 0.406 e. The van der Waals surface area contributed by atoms with Crippen molar-refractivity contribution in [1.29, 1.82) is 0 Å². The summed E-state index contributed by atoms with van der Waals surface area (Å²) in [4.78, 5) is 23.8. The third kappa shape index (κ3) is 6.01. The molecular formula is C15H11ClF4N4O3. The van der Waals surface area contributed by atoms with Crippen molar-refractivity contribution in [2.75, 3.05) is 10.6 Å². The molecule has 5 N–H and O–H groups in total. The number of carbonyl (C=O) groups excluding carboxylic acids is 2. The number of alkyl halides is 3. The van der Waals surface area contributed by atoms with Crippen LogP contribution in [0.1, 0.15) is 10.4 Å². The van der Waals surface area contributed by atoms with Gasteiger partial charge in [-0.2, -0.15) is 0 Å². The van der Waals surface area contributed by atoms with E-state index in [-0.39, 0.29) is 22.0 Å². The number of nitrogens with two attached hydrogens (primary N) is 1.